The van der Waals surface area contributed by atoms with E-state index in [1.165, 1.54) is 12.8 Å². The highest BCUT2D eigenvalue weighted by Gasteiger charge is 2.43. The number of rotatable bonds is 0. The minimum absolute atomic E-state index is 0.470. The van der Waals surface area contributed by atoms with Crippen molar-refractivity contribution in [3.8, 4) is 0 Å². The Bertz CT molecular complexity index is 219. The molecule has 0 heterocycles. The lowest BCUT2D eigenvalue weighted by Crippen LogP contribution is -2.42. The first-order chi connectivity index (χ1) is 9.03. The molecule has 122 valence electrons. The third-order valence-electron chi connectivity index (χ3n) is 4.81. The van der Waals surface area contributed by atoms with Gasteiger partial charge in [-0.2, -0.15) is 0 Å². The first kappa shape index (κ1) is 22.4. The molecule has 0 aromatic carbocycles. The largest absolute Gasteiger partial charge is 0.0973 e. The monoisotopic (exact) mass is 300 g/mol. The van der Waals surface area contributed by atoms with Crippen molar-refractivity contribution in [3.63, 3.8) is 0 Å². The summed E-state index contributed by atoms with van der Waals surface area (Å²) in [6, 6.07) is 0. The molecule has 2 atom stereocenters. The van der Waals surface area contributed by atoms with Crippen LogP contribution in [0, 0.1) is 34.5 Å². The molecular weight excluding hydrogens is 260 g/mol. The molecule has 0 amide bonds. The molecule has 1 fully saturated rings. The van der Waals surface area contributed by atoms with Gasteiger partial charge in [-0.25, -0.2) is 0 Å². The van der Waals surface area contributed by atoms with Crippen LogP contribution >= 0.6 is 12.2 Å². The van der Waals surface area contributed by atoms with Crippen molar-refractivity contribution in [1.82, 2.24) is 0 Å². The molecule has 0 radical (unpaired) electrons. The van der Waals surface area contributed by atoms with E-state index in [-0.39, 0.29) is 0 Å². The van der Waals surface area contributed by atoms with E-state index in [9.17, 15) is 0 Å². The Kier molecular flexibility index (Phi) is 10.3. The smallest absolute Gasteiger partial charge is 0.0334 e. The van der Waals surface area contributed by atoms with Gasteiger partial charge in [0, 0.05) is 0 Å². The molecule has 2 unspecified atom stereocenters. The summed E-state index contributed by atoms with van der Waals surface area (Å²) in [6.07, 6.45) is 2.86. The fourth-order valence-corrected chi connectivity index (χ4v) is 3.96. The molecule has 0 aliphatic heterocycles. The van der Waals surface area contributed by atoms with E-state index in [0.717, 1.165) is 23.7 Å². The Balaban J connectivity index is 0. The quantitative estimate of drug-likeness (QED) is 0.433. The maximum absolute atomic E-state index is 3.83. The van der Waals surface area contributed by atoms with E-state index in [2.05, 4.69) is 73.5 Å². The van der Waals surface area contributed by atoms with Gasteiger partial charge in [-0.05, 0) is 53.2 Å². The van der Waals surface area contributed by atoms with Crippen molar-refractivity contribution in [2.75, 3.05) is 0 Å². The van der Waals surface area contributed by atoms with Crippen LogP contribution in [-0.2, 0) is 0 Å². The minimum Gasteiger partial charge on any atom is -0.0973 e. The zero-order chi connectivity index (χ0) is 16.7. The molecule has 20 heavy (non-hydrogen) atoms. The predicted octanol–water partition coefficient (Wildman–Crippen LogP) is 7.02. The van der Waals surface area contributed by atoms with E-state index in [1.54, 1.807) is 0 Å². The lowest BCUT2D eigenvalue weighted by molar-refractivity contribution is -0.00431. The van der Waals surface area contributed by atoms with E-state index < -0.39 is 0 Å². The second-order valence-electron chi connectivity index (χ2n) is 8.38. The van der Waals surface area contributed by atoms with Gasteiger partial charge in [0.05, 0.1) is 0 Å². The van der Waals surface area contributed by atoms with Crippen molar-refractivity contribution in [2.45, 2.75) is 82.1 Å². The van der Waals surface area contributed by atoms with Crippen LogP contribution in [-0.4, -0.2) is 5.87 Å². The van der Waals surface area contributed by atoms with E-state index in [0.29, 0.717) is 10.8 Å². The zero-order valence-electron chi connectivity index (χ0n) is 15.8. The highest BCUT2D eigenvalue weighted by atomic mass is 32.1. The minimum atomic E-state index is 0.470. The molecule has 1 saturated carbocycles. The Morgan fingerprint density at radius 3 is 1.20 bits per heavy atom. The van der Waals surface area contributed by atoms with Gasteiger partial charge in [0.2, 0.25) is 0 Å². The number of hydrogen-bond donors (Lipinski definition) is 0. The van der Waals surface area contributed by atoms with Crippen molar-refractivity contribution in [3.05, 3.63) is 0 Å². The van der Waals surface area contributed by atoms with Crippen LogP contribution in [0.25, 0.3) is 0 Å². The first-order valence-electron chi connectivity index (χ1n) is 8.32. The van der Waals surface area contributed by atoms with Crippen LogP contribution in [0.1, 0.15) is 82.1 Å². The van der Waals surface area contributed by atoms with Gasteiger partial charge >= 0.3 is 0 Å². The summed E-state index contributed by atoms with van der Waals surface area (Å²) in [5, 5.41) is 0. The van der Waals surface area contributed by atoms with Gasteiger partial charge in [0.1, 0.15) is 0 Å². The van der Waals surface area contributed by atoms with Crippen LogP contribution in [0.2, 0.25) is 0 Å². The second kappa shape index (κ2) is 9.18. The highest BCUT2D eigenvalue weighted by Crippen LogP contribution is 2.51. The molecule has 0 N–H and O–H groups in total. The third-order valence-corrected chi connectivity index (χ3v) is 4.81. The highest BCUT2D eigenvalue weighted by molar-refractivity contribution is 7.77. The molecule has 1 aliphatic rings. The maximum Gasteiger partial charge on any atom is -0.0334 e. The van der Waals surface area contributed by atoms with Crippen LogP contribution in [0.15, 0.2) is 0 Å². The first-order valence-corrected chi connectivity index (χ1v) is 8.90. The van der Waals surface area contributed by atoms with Gasteiger partial charge in [0.15, 0.2) is 0 Å². The predicted molar refractivity (Wildman–Crippen MR) is 99.5 cm³/mol. The van der Waals surface area contributed by atoms with Crippen LogP contribution in [0.4, 0.5) is 0 Å². The number of thiocarbonyl (C=S) groups is 1. The van der Waals surface area contributed by atoms with Gasteiger partial charge < -0.3 is 0 Å². The normalized spacial score (nSPS) is 30.5. The third kappa shape index (κ3) is 6.70. The summed E-state index contributed by atoms with van der Waals surface area (Å²) in [6.45, 7) is 23.5. The van der Waals surface area contributed by atoms with E-state index >= 15 is 0 Å². The molecule has 1 heteroatoms. The maximum atomic E-state index is 3.83. The van der Waals surface area contributed by atoms with Crippen LogP contribution in [0.5, 0.6) is 0 Å². The zero-order valence-corrected chi connectivity index (χ0v) is 16.7. The summed E-state index contributed by atoms with van der Waals surface area (Å²) < 4.78 is 0. The molecule has 1 rings (SSSR count). The molecule has 0 aromatic rings. The lowest BCUT2D eigenvalue weighted by Gasteiger charge is -2.50. The van der Waals surface area contributed by atoms with Crippen molar-refractivity contribution >= 4 is 18.1 Å². The van der Waals surface area contributed by atoms with Gasteiger partial charge in [0.25, 0.3) is 0 Å². The van der Waals surface area contributed by atoms with Gasteiger partial charge in [-0.1, -0.05) is 81.5 Å². The molecular formula is C19H40S. The Labute approximate surface area is 135 Å². The fourth-order valence-electron chi connectivity index (χ4n) is 3.96. The summed E-state index contributed by atoms with van der Waals surface area (Å²) in [5.74, 6) is 6.39. The van der Waals surface area contributed by atoms with Crippen molar-refractivity contribution in [1.29, 1.82) is 0 Å². The Morgan fingerprint density at radius 1 is 0.750 bits per heavy atom. The lowest BCUT2D eigenvalue weighted by atomic mass is 9.55. The molecule has 0 nitrogen and oxygen atoms in total. The molecule has 0 saturated heterocycles. The van der Waals surface area contributed by atoms with Crippen LogP contribution < -0.4 is 0 Å². The summed E-state index contributed by atoms with van der Waals surface area (Å²) in [7, 11) is 0. The van der Waals surface area contributed by atoms with E-state index in [1.807, 2.05) is 13.8 Å². The second-order valence-corrected chi connectivity index (χ2v) is 8.38. The fraction of sp³-hybridized carbons (Fsp3) is 0.947. The standard InChI is InChI=1S/C16H32.C2H6.CH2S/c1-11-9-13(15(3,4)5)12(2)14(10-11)16(6,7)8;2*1-2/h11-14H,9-10H2,1-8H3;1-2H3;1H2. The topological polar surface area (TPSA) is 0 Å². The summed E-state index contributed by atoms with van der Waals surface area (Å²) >= 11 is 3.83. The van der Waals surface area contributed by atoms with Crippen LogP contribution in [0.3, 0.4) is 0 Å². The Morgan fingerprint density at radius 2 is 1.00 bits per heavy atom. The average Bonchev–Trinajstić information content (AvgIpc) is 2.34. The molecule has 0 bridgehead atoms. The average molecular weight is 301 g/mol. The van der Waals surface area contributed by atoms with E-state index in [4.69, 9.17) is 0 Å². The summed E-state index contributed by atoms with van der Waals surface area (Å²) in [4.78, 5) is 0. The number of hydrogen-bond acceptors (Lipinski definition) is 1. The van der Waals surface area contributed by atoms with Gasteiger partial charge in [-0.3, -0.25) is 0 Å². The Hall–Kier alpha value is 0.0900. The van der Waals surface area contributed by atoms with Gasteiger partial charge in [-0.15, -0.1) is 0 Å². The molecule has 1 aliphatic carbocycles. The van der Waals surface area contributed by atoms with Crippen molar-refractivity contribution < 1.29 is 0 Å². The molecule has 0 aromatic heterocycles. The SMILES string of the molecule is C=S.CC.CC1CC(C(C)(C)C)C(C)C(C(C)(C)C)C1. The summed E-state index contributed by atoms with van der Waals surface area (Å²) in [5.41, 5.74) is 0.940. The van der Waals surface area contributed by atoms with Crippen molar-refractivity contribution in [2.24, 2.45) is 34.5 Å². The molecule has 0 spiro atoms.